The fourth-order valence-electron chi connectivity index (χ4n) is 4.65. The van der Waals surface area contributed by atoms with Crippen molar-refractivity contribution in [2.45, 2.75) is 5.54 Å². The average molecular weight is 402 g/mol. The van der Waals surface area contributed by atoms with Crippen LogP contribution in [0.1, 0.15) is 21.7 Å². The SMILES string of the molecule is C=CCN1C(=O)[C@]2(c3ccccc31)c1c(oc3ccccc3c1=O)C(=O)N2CCO. The molecule has 0 radical (unpaired) electrons. The van der Waals surface area contributed by atoms with Gasteiger partial charge in [-0.2, -0.15) is 0 Å². The van der Waals surface area contributed by atoms with Crippen LogP contribution in [0.25, 0.3) is 11.0 Å². The summed E-state index contributed by atoms with van der Waals surface area (Å²) in [6, 6.07) is 13.7. The zero-order chi connectivity index (χ0) is 21.0. The molecule has 2 aromatic carbocycles. The first-order valence-corrected chi connectivity index (χ1v) is 9.58. The lowest BCUT2D eigenvalue weighted by molar-refractivity contribution is -0.126. The molecule has 7 nitrogen and oxygen atoms in total. The lowest BCUT2D eigenvalue weighted by atomic mass is 9.84. The number of benzene rings is 2. The zero-order valence-electron chi connectivity index (χ0n) is 16.0. The number of nitrogens with zero attached hydrogens (tertiary/aromatic N) is 2. The minimum atomic E-state index is -1.68. The van der Waals surface area contributed by atoms with Gasteiger partial charge in [-0.25, -0.2) is 0 Å². The van der Waals surface area contributed by atoms with E-state index >= 15 is 0 Å². The van der Waals surface area contributed by atoms with E-state index in [9.17, 15) is 19.5 Å². The number of β-amino-alcohol motifs (C(OH)–C–C–N with tert-alkyl or cyclic N) is 1. The largest absolute Gasteiger partial charge is 0.450 e. The second-order valence-corrected chi connectivity index (χ2v) is 7.24. The number of anilines is 1. The number of aliphatic hydroxyl groups excluding tert-OH is 1. The molecule has 0 fully saturated rings. The first-order chi connectivity index (χ1) is 14.6. The molecule has 1 aromatic heterocycles. The van der Waals surface area contributed by atoms with Crippen molar-refractivity contribution in [2.24, 2.45) is 0 Å². The van der Waals surface area contributed by atoms with E-state index in [1.807, 2.05) is 0 Å². The predicted octanol–water partition coefficient (Wildman–Crippen LogP) is 2.02. The Balaban J connectivity index is 1.94. The number of fused-ring (bicyclic) bond motifs is 5. The van der Waals surface area contributed by atoms with Crippen molar-refractivity contribution >= 4 is 28.5 Å². The number of hydrogen-bond donors (Lipinski definition) is 1. The van der Waals surface area contributed by atoms with Crippen molar-refractivity contribution in [1.29, 1.82) is 0 Å². The van der Waals surface area contributed by atoms with Gasteiger partial charge >= 0.3 is 0 Å². The molecule has 5 rings (SSSR count). The number of carbonyl (C=O) groups is 2. The molecule has 2 aliphatic rings. The third-order valence-electron chi connectivity index (χ3n) is 5.78. The molecular weight excluding hydrogens is 384 g/mol. The highest BCUT2D eigenvalue weighted by Crippen LogP contribution is 2.52. The van der Waals surface area contributed by atoms with Crippen LogP contribution in [-0.2, 0) is 10.3 Å². The van der Waals surface area contributed by atoms with Gasteiger partial charge < -0.3 is 19.3 Å². The Morgan fingerprint density at radius 3 is 2.57 bits per heavy atom. The van der Waals surface area contributed by atoms with Crippen LogP contribution in [0.15, 0.2) is 70.4 Å². The maximum absolute atomic E-state index is 13.9. The molecule has 0 aliphatic carbocycles. The summed E-state index contributed by atoms with van der Waals surface area (Å²) in [7, 11) is 0. The van der Waals surface area contributed by atoms with Crippen molar-refractivity contribution < 1.29 is 19.1 Å². The number of aliphatic hydroxyl groups is 1. The fraction of sp³-hybridized carbons (Fsp3) is 0.174. The highest BCUT2D eigenvalue weighted by Gasteiger charge is 2.64. The Labute approximate surface area is 171 Å². The maximum atomic E-state index is 13.9. The van der Waals surface area contributed by atoms with Crippen LogP contribution in [0.5, 0.6) is 0 Å². The van der Waals surface area contributed by atoms with Gasteiger partial charge in [0.15, 0.2) is 11.0 Å². The van der Waals surface area contributed by atoms with Crippen LogP contribution in [0.3, 0.4) is 0 Å². The Kier molecular flexibility index (Phi) is 3.91. The van der Waals surface area contributed by atoms with Crippen LogP contribution >= 0.6 is 0 Å². The van der Waals surface area contributed by atoms with E-state index in [2.05, 4.69) is 6.58 Å². The molecule has 30 heavy (non-hydrogen) atoms. The number of para-hydroxylation sites is 2. The molecule has 0 unspecified atom stereocenters. The van der Waals surface area contributed by atoms with Crippen molar-refractivity contribution in [2.75, 3.05) is 24.6 Å². The second kappa shape index (κ2) is 6.40. The molecule has 150 valence electrons. The van der Waals surface area contributed by atoms with E-state index in [1.165, 1.54) is 9.80 Å². The van der Waals surface area contributed by atoms with Gasteiger partial charge in [-0.1, -0.05) is 36.4 Å². The first kappa shape index (κ1) is 18.3. The lowest BCUT2D eigenvalue weighted by Gasteiger charge is -2.33. The van der Waals surface area contributed by atoms with Crippen molar-refractivity contribution in [3.05, 3.63) is 88.3 Å². The molecule has 2 aliphatic heterocycles. The number of hydrogen-bond acceptors (Lipinski definition) is 5. The Morgan fingerprint density at radius 2 is 1.80 bits per heavy atom. The Morgan fingerprint density at radius 1 is 1.07 bits per heavy atom. The van der Waals surface area contributed by atoms with E-state index in [0.717, 1.165) is 0 Å². The van der Waals surface area contributed by atoms with E-state index < -0.39 is 22.8 Å². The summed E-state index contributed by atoms with van der Waals surface area (Å²) in [6.07, 6.45) is 1.59. The van der Waals surface area contributed by atoms with Crippen LogP contribution in [-0.4, -0.2) is 41.5 Å². The number of amides is 2. The van der Waals surface area contributed by atoms with Gasteiger partial charge in [0.1, 0.15) is 5.58 Å². The topological polar surface area (TPSA) is 91.1 Å². The highest BCUT2D eigenvalue weighted by molar-refractivity contribution is 6.17. The number of carbonyl (C=O) groups excluding carboxylic acids is 2. The molecule has 0 saturated heterocycles. The molecule has 0 bridgehead atoms. The molecule has 1 spiro atoms. The quantitative estimate of drug-likeness (QED) is 0.675. The van der Waals surface area contributed by atoms with Gasteiger partial charge in [0, 0.05) is 18.7 Å². The molecule has 2 amide bonds. The molecular formula is C23H18N2O5. The smallest absolute Gasteiger partial charge is 0.291 e. The van der Waals surface area contributed by atoms with Crippen molar-refractivity contribution in [1.82, 2.24) is 4.90 Å². The molecule has 7 heteroatoms. The van der Waals surface area contributed by atoms with E-state index in [1.54, 1.807) is 54.6 Å². The Bertz CT molecular complexity index is 1290. The van der Waals surface area contributed by atoms with Crippen LogP contribution in [0.4, 0.5) is 5.69 Å². The van der Waals surface area contributed by atoms with Gasteiger partial charge in [0.2, 0.25) is 5.76 Å². The van der Waals surface area contributed by atoms with E-state index in [4.69, 9.17) is 4.42 Å². The van der Waals surface area contributed by atoms with Gasteiger partial charge in [-0.15, -0.1) is 6.58 Å². The maximum Gasteiger partial charge on any atom is 0.291 e. The predicted molar refractivity (Wildman–Crippen MR) is 110 cm³/mol. The number of rotatable bonds is 4. The molecule has 3 aromatic rings. The average Bonchev–Trinajstić information content (AvgIpc) is 3.15. The first-order valence-electron chi connectivity index (χ1n) is 9.58. The molecule has 0 saturated carbocycles. The summed E-state index contributed by atoms with van der Waals surface area (Å²) in [5.41, 5.74) is -0.719. The standard InChI is InChI=1S/C23H18N2O5/c1-2-11-24-16-9-5-4-8-15(16)23(22(24)29)18-19(27)14-7-3-6-10-17(14)30-20(18)21(28)25(23)12-13-26/h2-10,26H,1,11-13H2/t23-/m0/s1. The van der Waals surface area contributed by atoms with Crippen LogP contribution in [0.2, 0.25) is 0 Å². The summed E-state index contributed by atoms with van der Waals surface area (Å²) in [6.45, 7) is 3.45. The van der Waals surface area contributed by atoms with Crippen LogP contribution < -0.4 is 10.3 Å². The molecule has 1 atom stereocenters. The summed E-state index contributed by atoms with van der Waals surface area (Å²) in [5, 5.41) is 9.98. The Hall–Kier alpha value is -3.71. The van der Waals surface area contributed by atoms with E-state index in [0.29, 0.717) is 16.6 Å². The summed E-state index contributed by atoms with van der Waals surface area (Å²) in [5.74, 6) is -1.19. The fourth-order valence-corrected chi connectivity index (χ4v) is 4.65. The zero-order valence-corrected chi connectivity index (χ0v) is 16.0. The third-order valence-corrected chi connectivity index (χ3v) is 5.78. The minimum absolute atomic E-state index is 0.00339. The minimum Gasteiger partial charge on any atom is -0.450 e. The highest BCUT2D eigenvalue weighted by atomic mass is 16.3. The molecule has 1 N–H and O–H groups in total. The van der Waals surface area contributed by atoms with Crippen molar-refractivity contribution in [3.8, 4) is 0 Å². The monoisotopic (exact) mass is 402 g/mol. The van der Waals surface area contributed by atoms with Gasteiger partial charge in [-0.05, 0) is 18.2 Å². The summed E-state index contributed by atoms with van der Waals surface area (Å²) in [4.78, 5) is 43.6. The summed E-state index contributed by atoms with van der Waals surface area (Å²) >= 11 is 0. The molecule has 3 heterocycles. The summed E-state index contributed by atoms with van der Waals surface area (Å²) < 4.78 is 5.86. The third kappa shape index (κ3) is 2.04. The van der Waals surface area contributed by atoms with Crippen LogP contribution in [0, 0.1) is 0 Å². The van der Waals surface area contributed by atoms with Gasteiger partial charge in [0.05, 0.1) is 23.2 Å². The van der Waals surface area contributed by atoms with E-state index in [-0.39, 0.29) is 36.6 Å². The van der Waals surface area contributed by atoms with Gasteiger partial charge in [-0.3, -0.25) is 14.4 Å². The normalized spacial score (nSPS) is 19.6. The second-order valence-electron chi connectivity index (χ2n) is 7.24. The lowest BCUT2D eigenvalue weighted by Crippen LogP contribution is -2.54. The van der Waals surface area contributed by atoms with Gasteiger partial charge in [0.25, 0.3) is 11.8 Å². The van der Waals surface area contributed by atoms with Crippen molar-refractivity contribution in [3.63, 3.8) is 0 Å².